The zero-order chi connectivity index (χ0) is 13.9. The van der Waals surface area contributed by atoms with E-state index in [9.17, 15) is 4.79 Å². The summed E-state index contributed by atoms with van der Waals surface area (Å²) in [5.74, 6) is 0.226. The van der Waals surface area contributed by atoms with Crippen molar-refractivity contribution in [1.29, 1.82) is 0 Å². The number of ether oxygens (including phenoxy) is 1. The van der Waals surface area contributed by atoms with Gasteiger partial charge in [-0.25, -0.2) is 0 Å². The highest BCUT2D eigenvalue weighted by Crippen LogP contribution is 2.30. The van der Waals surface area contributed by atoms with Crippen LogP contribution in [-0.4, -0.2) is 11.0 Å². The zero-order valence-corrected chi connectivity index (χ0v) is 11.0. The van der Waals surface area contributed by atoms with E-state index in [1.807, 2.05) is 48.7 Å². The van der Waals surface area contributed by atoms with Crippen molar-refractivity contribution >= 4 is 22.6 Å². The quantitative estimate of drug-likeness (QED) is 0.821. The van der Waals surface area contributed by atoms with E-state index in [2.05, 4.69) is 10.3 Å². The molecular formula is C16H14N2O2. The molecule has 0 amide bonds. The van der Waals surface area contributed by atoms with Gasteiger partial charge >= 0.3 is 5.97 Å². The van der Waals surface area contributed by atoms with Gasteiger partial charge in [0.15, 0.2) is 5.75 Å². The number of fused-ring (bicyclic) bond motifs is 1. The number of nitrogens with one attached hydrogen (secondary N) is 2. The van der Waals surface area contributed by atoms with Crippen LogP contribution in [0.4, 0.5) is 0 Å². The van der Waals surface area contributed by atoms with E-state index in [1.165, 1.54) is 6.92 Å². The number of esters is 1. The molecule has 0 saturated carbocycles. The summed E-state index contributed by atoms with van der Waals surface area (Å²) in [7, 11) is 0. The van der Waals surface area contributed by atoms with Gasteiger partial charge in [-0.3, -0.25) is 4.79 Å². The summed E-state index contributed by atoms with van der Waals surface area (Å²) in [6, 6.07) is 5.89. The molecule has 0 radical (unpaired) electrons. The third kappa shape index (κ3) is 2.23. The predicted molar refractivity (Wildman–Crippen MR) is 79.0 cm³/mol. The lowest BCUT2D eigenvalue weighted by atomic mass is 10.1. The van der Waals surface area contributed by atoms with E-state index in [1.54, 1.807) is 6.20 Å². The first-order valence-corrected chi connectivity index (χ1v) is 6.34. The first-order chi connectivity index (χ1) is 9.75. The van der Waals surface area contributed by atoms with Crippen LogP contribution in [0, 0.1) is 0 Å². The molecule has 1 aromatic heterocycles. The summed E-state index contributed by atoms with van der Waals surface area (Å²) in [6.07, 6.45) is 11.5. The number of benzene rings is 1. The summed E-state index contributed by atoms with van der Waals surface area (Å²) in [5.41, 5.74) is 2.94. The van der Waals surface area contributed by atoms with Crippen LogP contribution in [0.15, 0.2) is 54.9 Å². The van der Waals surface area contributed by atoms with Crippen molar-refractivity contribution in [2.24, 2.45) is 0 Å². The van der Waals surface area contributed by atoms with E-state index in [0.717, 1.165) is 22.2 Å². The Hall–Kier alpha value is -2.75. The Kier molecular flexibility index (Phi) is 3.13. The second-order valence-electron chi connectivity index (χ2n) is 4.44. The number of aromatic amines is 1. The number of hydrogen-bond acceptors (Lipinski definition) is 3. The SMILES string of the molecule is CC(=O)Oc1c[nH]c2c(C3=CC=CC=CN3)cccc12. The van der Waals surface area contributed by atoms with Crippen LogP contribution in [0.2, 0.25) is 0 Å². The Labute approximate surface area is 116 Å². The lowest BCUT2D eigenvalue weighted by Crippen LogP contribution is -2.03. The second kappa shape index (κ2) is 5.09. The lowest BCUT2D eigenvalue weighted by molar-refractivity contribution is -0.131. The van der Waals surface area contributed by atoms with Crippen molar-refractivity contribution in [3.63, 3.8) is 0 Å². The topological polar surface area (TPSA) is 54.1 Å². The highest BCUT2D eigenvalue weighted by atomic mass is 16.5. The molecule has 0 fully saturated rings. The number of carbonyl (C=O) groups is 1. The molecule has 0 aliphatic carbocycles. The third-order valence-electron chi connectivity index (χ3n) is 3.04. The Balaban J connectivity index is 2.11. The monoisotopic (exact) mass is 266 g/mol. The van der Waals surface area contributed by atoms with Crippen LogP contribution in [0.5, 0.6) is 5.75 Å². The van der Waals surface area contributed by atoms with Crippen molar-refractivity contribution in [2.75, 3.05) is 0 Å². The third-order valence-corrected chi connectivity index (χ3v) is 3.04. The maximum Gasteiger partial charge on any atom is 0.308 e. The zero-order valence-electron chi connectivity index (χ0n) is 11.0. The Morgan fingerprint density at radius 3 is 2.95 bits per heavy atom. The number of hydrogen-bond donors (Lipinski definition) is 2. The molecule has 0 saturated heterocycles. The van der Waals surface area contributed by atoms with Crippen LogP contribution >= 0.6 is 0 Å². The Bertz CT molecular complexity index is 751. The number of rotatable bonds is 2. The summed E-state index contributed by atoms with van der Waals surface area (Å²) >= 11 is 0. The highest BCUT2D eigenvalue weighted by Gasteiger charge is 2.12. The second-order valence-corrected chi connectivity index (χ2v) is 4.44. The Morgan fingerprint density at radius 1 is 1.20 bits per heavy atom. The van der Waals surface area contributed by atoms with E-state index >= 15 is 0 Å². The standard InChI is InChI=1S/C16H14N2O2/c1-11(19)20-15-10-18-16-12(6-5-7-13(15)16)14-8-3-2-4-9-17-14/h2-10,17-18H,1H3. The predicted octanol–water partition coefficient (Wildman–Crippen LogP) is 3.11. The molecule has 0 unspecified atom stereocenters. The van der Waals surface area contributed by atoms with Crippen molar-refractivity contribution < 1.29 is 9.53 Å². The van der Waals surface area contributed by atoms with Gasteiger partial charge in [0.05, 0.1) is 5.52 Å². The van der Waals surface area contributed by atoms with Crippen LogP contribution in [-0.2, 0) is 4.79 Å². The summed E-state index contributed by atoms with van der Waals surface area (Å²) in [6.45, 7) is 1.40. The van der Waals surface area contributed by atoms with E-state index in [-0.39, 0.29) is 5.97 Å². The fourth-order valence-corrected chi connectivity index (χ4v) is 2.22. The smallest absolute Gasteiger partial charge is 0.308 e. The van der Waals surface area contributed by atoms with Crippen LogP contribution in [0.3, 0.4) is 0 Å². The van der Waals surface area contributed by atoms with Gasteiger partial charge < -0.3 is 15.0 Å². The average molecular weight is 266 g/mol. The highest BCUT2D eigenvalue weighted by molar-refractivity contribution is 5.96. The maximum absolute atomic E-state index is 11.1. The van der Waals surface area contributed by atoms with Crippen LogP contribution in [0.25, 0.3) is 16.6 Å². The number of allylic oxidation sites excluding steroid dienone is 4. The van der Waals surface area contributed by atoms with Gasteiger partial charge in [0.1, 0.15) is 0 Å². The van der Waals surface area contributed by atoms with E-state index < -0.39 is 0 Å². The molecule has 0 atom stereocenters. The summed E-state index contributed by atoms with van der Waals surface area (Å²) < 4.78 is 5.20. The molecule has 0 bridgehead atoms. The summed E-state index contributed by atoms with van der Waals surface area (Å²) in [5, 5.41) is 4.12. The van der Waals surface area contributed by atoms with Crippen molar-refractivity contribution in [3.8, 4) is 5.75 Å². The summed E-state index contributed by atoms with van der Waals surface area (Å²) in [4.78, 5) is 14.3. The van der Waals surface area contributed by atoms with Crippen molar-refractivity contribution in [1.82, 2.24) is 10.3 Å². The molecule has 4 heteroatoms. The van der Waals surface area contributed by atoms with Crippen molar-refractivity contribution in [2.45, 2.75) is 6.92 Å². The molecule has 2 aromatic rings. The van der Waals surface area contributed by atoms with Gasteiger partial charge in [-0.1, -0.05) is 24.3 Å². The number of para-hydroxylation sites is 1. The molecule has 2 N–H and O–H groups in total. The van der Waals surface area contributed by atoms with Gasteiger partial charge in [-0.05, 0) is 18.2 Å². The first kappa shape index (κ1) is 12.3. The molecule has 1 aromatic carbocycles. The van der Waals surface area contributed by atoms with Gasteiger partial charge in [-0.15, -0.1) is 0 Å². The minimum atomic E-state index is -0.325. The molecule has 20 heavy (non-hydrogen) atoms. The van der Waals surface area contributed by atoms with Crippen LogP contribution < -0.4 is 10.1 Å². The molecule has 0 spiro atoms. The molecule has 1 aliphatic rings. The number of aromatic nitrogens is 1. The van der Waals surface area contributed by atoms with Gasteiger partial charge in [-0.2, -0.15) is 0 Å². The molecule has 4 nitrogen and oxygen atoms in total. The molecular weight excluding hydrogens is 252 g/mol. The van der Waals surface area contributed by atoms with Gasteiger partial charge in [0, 0.05) is 36.0 Å². The maximum atomic E-state index is 11.1. The van der Waals surface area contributed by atoms with E-state index in [0.29, 0.717) is 5.75 Å². The largest absolute Gasteiger partial charge is 0.424 e. The minimum absolute atomic E-state index is 0.325. The number of carbonyl (C=O) groups excluding carboxylic acids is 1. The normalized spacial score (nSPS) is 13.8. The van der Waals surface area contributed by atoms with E-state index in [4.69, 9.17) is 4.74 Å². The first-order valence-electron chi connectivity index (χ1n) is 6.34. The lowest BCUT2D eigenvalue weighted by Gasteiger charge is -2.08. The van der Waals surface area contributed by atoms with Gasteiger partial charge in [0.2, 0.25) is 0 Å². The van der Waals surface area contributed by atoms with Gasteiger partial charge in [0.25, 0.3) is 0 Å². The minimum Gasteiger partial charge on any atom is -0.424 e. The van der Waals surface area contributed by atoms with Crippen molar-refractivity contribution in [3.05, 3.63) is 60.5 Å². The molecule has 2 heterocycles. The van der Waals surface area contributed by atoms with Crippen LogP contribution in [0.1, 0.15) is 12.5 Å². The molecule has 1 aliphatic heterocycles. The fourth-order valence-electron chi connectivity index (χ4n) is 2.22. The number of H-pyrrole nitrogens is 1. The average Bonchev–Trinajstić information content (AvgIpc) is 2.67. The molecule has 100 valence electrons. The molecule has 3 rings (SSSR count). The Morgan fingerprint density at radius 2 is 2.10 bits per heavy atom. The fraction of sp³-hybridized carbons (Fsp3) is 0.0625.